The molecule has 21 heavy (non-hydrogen) atoms. The Morgan fingerprint density at radius 1 is 1.14 bits per heavy atom. The first kappa shape index (κ1) is 15.5. The molecule has 0 aliphatic rings. The van der Waals surface area contributed by atoms with Crippen molar-refractivity contribution in [2.45, 2.75) is 40.2 Å². The summed E-state index contributed by atoms with van der Waals surface area (Å²) in [6.07, 6.45) is 0. The van der Waals surface area contributed by atoms with Gasteiger partial charge in [-0.25, -0.2) is 4.68 Å². The van der Waals surface area contributed by atoms with Crippen molar-refractivity contribution in [1.82, 2.24) is 15.0 Å². The number of benzene rings is 1. The van der Waals surface area contributed by atoms with Gasteiger partial charge in [0.15, 0.2) is 0 Å². The van der Waals surface area contributed by atoms with Crippen LogP contribution in [-0.4, -0.2) is 33.2 Å². The largest absolute Gasteiger partial charge is 0.390 e. The van der Waals surface area contributed by atoms with Crippen LogP contribution in [0.4, 0.5) is 5.69 Å². The molecule has 0 bridgehead atoms. The van der Waals surface area contributed by atoms with E-state index in [1.807, 2.05) is 4.68 Å². The Bertz CT molecular complexity index is 570. The van der Waals surface area contributed by atoms with Crippen molar-refractivity contribution in [3.63, 3.8) is 0 Å². The highest BCUT2D eigenvalue weighted by Gasteiger charge is 2.16. The van der Waals surface area contributed by atoms with E-state index in [-0.39, 0.29) is 12.5 Å². The summed E-state index contributed by atoms with van der Waals surface area (Å²) in [5.41, 5.74) is 3.80. The number of aliphatic hydroxyl groups is 1. The summed E-state index contributed by atoms with van der Waals surface area (Å²) in [5.74, 6) is 0.254. The summed E-state index contributed by atoms with van der Waals surface area (Å²) >= 11 is 0. The van der Waals surface area contributed by atoms with Crippen molar-refractivity contribution in [3.8, 4) is 5.69 Å². The Morgan fingerprint density at radius 3 is 2.24 bits per heavy atom. The summed E-state index contributed by atoms with van der Waals surface area (Å²) in [7, 11) is 0. The highest BCUT2D eigenvalue weighted by atomic mass is 16.3. The molecule has 0 amide bonds. The Hall–Kier alpha value is -1.88. The molecular formula is C16H24N4O. The monoisotopic (exact) mass is 288 g/mol. The molecule has 1 aromatic carbocycles. The van der Waals surface area contributed by atoms with Crippen LogP contribution >= 0.6 is 0 Å². The molecule has 0 fully saturated rings. The fraction of sp³-hybridized carbons (Fsp3) is 0.500. The predicted molar refractivity (Wildman–Crippen MR) is 84.9 cm³/mol. The molecular weight excluding hydrogens is 264 g/mol. The lowest BCUT2D eigenvalue weighted by Crippen LogP contribution is -2.21. The van der Waals surface area contributed by atoms with Gasteiger partial charge in [0, 0.05) is 18.8 Å². The molecule has 0 saturated carbocycles. The first-order chi connectivity index (χ1) is 10.1. The zero-order chi connectivity index (χ0) is 15.4. The smallest absolute Gasteiger partial charge is 0.112 e. The summed E-state index contributed by atoms with van der Waals surface area (Å²) in [4.78, 5) is 2.30. The number of aliphatic hydroxyl groups excluding tert-OH is 1. The maximum atomic E-state index is 9.39. The lowest BCUT2D eigenvalue weighted by Gasteiger charge is -2.21. The molecule has 0 spiro atoms. The van der Waals surface area contributed by atoms with E-state index >= 15 is 0 Å². The highest BCUT2D eigenvalue weighted by Crippen LogP contribution is 2.23. The van der Waals surface area contributed by atoms with Crippen molar-refractivity contribution >= 4 is 5.69 Å². The van der Waals surface area contributed by atoms with Crippen molar-refractivity contribution in [2.24, 2.45) is 0 Å². The van der Waals surface area contributed by atoms with E-state index in [4.69, 9.17) is 0 Å². The SMILES string of the molecule is CCN(CC)c1ccc(-n2nnc(CO)c2C(C)C)cc1. The van der Waals surface area contributed by atoms with Crippen LogP contribution in [0.2, 0.25) is 0 Å². The van der Waals surface area contributed by atoms with Crippen LogP contribution < -0.4 is 4.90 Å². The van der Waals surface area contributed by atoms with Gasteiger partial charge < -0.3 is 10.0 Å². The Kier molecular flexibility index (Phi) is 4.96. The second-order valence-electron chi connectivity index (χ2n) is 5.33. The molecule has 114 valence electrons. The van der Waals surface area contributed by atoms with Crippen LogP contribution in [0.15, 0.2) is 24.3 Å². The number of anilines is 1. The number of rotatable bonds is 6. The molecule has 0 saturated heterocycles. The molecule has 0 aliphatic carbocycles. The minimum Gasteiger partial charge on any atom is -0.390 e. The maximum Gasteiger partial charge on any atom is 0.112 e. The third kappa shape index (κ3) is 3.08. The molecule has 0 atom stereocenters. The summed E-state index contributed by atoms with van der Waals surface area (Å²) in [5, 5.41) is 17.6. The predicted octanol–water partition coefficient (Wildman–Crippen LogP) is 2.73. The van der Waals surface area contributed by atoms with Gasteiger partial charge in [-0.05, 0) is 44.0 Å². The van der Waals surface area contributed by atoms with Crippen LogP contribution in [0, 0.1) is 0 Å². The Morgan fingerprint density at radius 2 is 1.76 bits per heavy atom. The van der Waals surface area contributed by atoms with Gasteiger partial charge in [0.25, 0.3) is 0 Å². The standard InChI is InChI=1S/C16H24N4O/c1-5-19(6-2)13-7-9-14(10-8-13)20-16(12(3)4)15(11-21)17-18-20/h7-10,12,21H,5-6,11H2,1-4H3. The maximum absolute atomic E-state index is 9.39. The van der Waals surface area contributed by atoms with Crippen molar-refractivity contribution < 1.29 is 5.11 Å². The average molecular weight is 288 g/mol. The Balaban J connectivity index is 2.37. The van der Waals surface area contributed by atoms with Crippen molar-refractivity contribution in [3.05, 3.63) is 35.7 Å². The second-order valence-corrected chi connectivity index (χ2v) is 5.33. The van der Waals surface area contributed by atoms with Gasteiger partial charge in [-0.1, -0.05) is 19.1 Å². The van der Waals surface area contributed by atoms with E-state index in [2.05, 4.69) is 67.2 Å². The van der Waals surface area contributed by atoms with E-state index < -0.39 is 0 Å². The van der Waals surface area contributed by atoms with Gasteiger partial charge in [-0.3, -0.25) is 0 Å². The lowest BCUT2D eigenvalue weighted by molar-refractivity contribution is 0.275. The Labute approximate surface area is 126 Å². The number of hydrogen-bond acceptors (Lipinski definition) is 4. The molecule has 2 rings (SSSR count). The zero-order valence-electron chi connectivity index (χ0n) is 13.2. The van der Waals surface area contributed by atoms with Crippen molar-refractivity contribution in [1.29, 1.82) is 0 Å². The first-order valence-corrected chi connectivity index (χ1v) is 7.53. The fourth-order valence-electron chi connectivity index (χ4n) is 2.59. The molecule has 0 aliphatic heterocycles. The summed E-state index contributed by atoms with van der Waals surface area (Å²) < 4.78 is 1.82. The van der Waals surface area contributed by atoms with E-state index in [9.17, 15) is 5.11 Å². The third-order valence-corrected chi connectivity index (χ3v) is 3.70. The van der Waals surface area contributed by atoms with Crippen molar-refractivity contribution in [2.75, 3.05) is 18.0 Å². The first-order valence-electron chi connectivity index (χ1n) is 7.53. The quantitative estimate of drug-likeness (QED) is 0.888. The van der Waals surface area contributed by atoms with Gasteiger partial charge in [-0.2, -0.15) is 0 Å². The van der Waals surface area contributed by atoms with E-state index in [0.717, 1.165) is 24.5 Å². The van der Waals surface area contributed by atoms with Gasteiger partial charge in [-0.15, -0.1) is 5.10 Å². The lowest BCUT2D eigenvalue weighted by atomic mass is 10.1. The number of nitrogens with zero attached hydrogens (tertiary/aromatic N) is 4. The molecule has 1 heterocycles. The molecule has 0 radical (unpaired) electrons. The normalized spacial score (nSPS) is 11.1. The van der Waals surface area contributed by atoms with E-state index in [0.29, 0.717) is 5.69 Å². The minimum atomic E-state index is -0.0783. The highest BCUT2D eigenvalue weighted by molar-refractivity contribution is 5.51. The molecule has 1 aromatic heterocycles. The molecule has 2 aromatic rings. The number of aromatic nitrogens is 3. The third-order valence-electron chi connectivity index (χ3n) is 3.70. The van der Waals surface area contributed by atoms with Gasteiger partial charge in [0.2, 0.25) is 0 Å². The van der Waals surface area contributed by atoms with E-state index in [1.165, 1.54) is 5.69 Å². The van der Waals surface area contributed by atoms with Gasteiger partial charge in [0.1, 0.15) is 5.69 Å². The zero-order valence-corrected chi connectivity index (χ0v) is 13.2. The molecule has 1 N–H and O–H groups in total. The van der Waals surface area contributed by atoms with Crippen LogP contribution in [-0.2, 0) is 6.61 Å². The van der Waals surface area contributed by atoms with Crippen LogP contribution in [0.3, 0.4) is 0 Å². The second kappa shape index (κ2) is 6.72. The fourth-order valence-corrected chi connectivity index (χ4v) is 2.59. The summed E-state index contributed by atoms with van der Waals surface area (Å²) in [6.45, 7) is 10.4. The summed E-state index contributed by atoms with van der Waals surface area (Å²) in [6, 6.07) is 8.31. The number of hydrogen-bond donors (Lipinski definition) is 1. The topological polar surface area (TPSA) is 54.2 Å². The molecule has 5 nitrogen and oxygen atoms in total. The van der Waals surface area contributed by atoms with Crippen LogP contribution in [0.25, 0.3) is 5.69 Å². The average Bonchev–Trinajstić information content (AvgIpc) is 2.93. The van der Waals surface area contributed by atoms with Crippen LogP contribution in [0.5, 0.6) is 0 Å². The van der Waals surface area contributed by atoms with Crippen LogP contribution in [0.1, 0.15) is 45.0 Å². The minimum absolute atomic E-state index is 0.0783. The van der Waals surface area contributed by atoms with Gasteiger partial charge in [0.05, 0.1) is 18.0 Å². The molecule has 0 unspecified atom stereocenters. The molecule has 5 heteroatoms. The van der Waals surface area contributed by atoms with Gasteiger partial charge >= 0.3 is 0 Å². The van der Waals surface area contributed by atoms with E-state index in [1.54, 1.807) is 0 Å².